The van der Waals surface area contributed by atoms with E-state index in [1.165, 1.54) is 20.0 Å². The van der Waals surface area contributed by atoms with Gasteiger partial charge >= 0.3 is 5.97 Å². The molecular formula is C10H20O2. The third-order valence-corrected chi connectivity index (χ3v) is 1.89. The number of rotatable bonds is 6. The van der Waals surface area contributed by atoms with Gasteiger partial charge in [0.1, 0.15) is 0 Å². The largest absolute Gasteiger partial charge is 0.469 e. The Morgan fingerprint density at radius 1 is 1.25 bits per heavy atom. The zero-order chi connectivity index (χ0) is 9.40. The first-order valence-electron chi connectivity index (χ1n) is 4.73. The summed E-state index contributed by atoms with van der Waals surface area (Å²) in [6.07, 6.45) is 5.19. The number of ether oxygens (including phenoxy) is 1. The van der Waals surface area contributed by atoms with Gasteiger partial charge in [-0.15, -0.1) is 0 Å². The summed E-state index contributed by atoms with van der Waals surface area (Å²) < 4.78 is 4.54. The van der Waals surface area contributed by atoms with E-state index < -0.39 is 0 Å². The first kappa shape index (κ1) is 11.5. The monoisotopic (exact) mass is 172 g/mol. The summed E-state index contributed by atoms with van der Waals surface area (Å²) in [7, 11) is 1.44. The minimum atomic E-state index is -0.0838. The third kappa shape index (κ3) is 7.58. The number of carbonyl (C=O) groups is 1. The van der Waals surface area contributed by atoms with Crippen LogP contribution in [0.4, 0.5) is 0 Å². The molecule has 2 heteroatoms. The zero-order valence-corrected chi connectivity index (χ0v) is 8.43. The predicted molar refractivity (Wildman–Crippen MR) is 49.9 cm³/mol. The number of carbonyl (C=O) groups excluding carboxylic acids is 1. The summed E-state index contributed by atoms with van der Waals surface area (Å²) in [6, 6.07) is 0. The molecule has 0 fully saturated rings. The lowest BCUT2D eigenvalue weighted by Crippen LogP contribution is -1.99. The number of unbranched alkanes of at least 4 members (excludes halogenated alkanes) is 2. The second kappa shape index (κ2) is 7.14. The Bertz CT molecular complexity index is 119. The average molecular weight is 172 g/mol. The molecular weight excluding hydrogens is 152 g/mol. The van der Waals surface area contributed by atoms with Gasteiger partial charge in [0.2, 0.25) is 0 Å². The van der Waals surface area contributed by atoms with E-state index >= 15 is 0 Å². The minimum absolute atomic E-state index is 0.0838. The maximum absolute atomic E-state index is 10.7. The van der Waals surface area contributed by atoms with Gasteiger partial charge in [-0.25, -0.2) is 0 Å². The van der Waals surface area contributed by atoms with Crippen molar-refractivity contribution in [1.82, 2.24) is 0 Å². The number of hydrogen-bond acceptors (Lipinski definition) is 2. The van der Waals surface area contributed by atoms with Gasteiger partial charge in [-0.1, -0.05) is 33.1 Å². The van der Waals surface area contributed by atoms with Crippen LogP contribution in [-0.4, -0.2) is 13.1 Å². The molecule has 72 valence electrons. The highest BCUT2D eigenvalue weighted by atomic mass is 16.5. The fraction of sp³-hybridized carbons (Fsp3) is 0.900. The van der Waals surface area contributed by atoms with Crippen LogP contribution in [-0.2, 0) is 9.53 Å². The van der Waals surface area contributed by atoms with Gasteiger partial charge in [-0.2, -0.15) is 0 Å². The molecule has 0 aliphatic heterocycles. The van der Waals surface area contributed by atoms with Crippen LogP contribution in [0.3, 0.4) is 0 Å². The topological polar surface area (TPSA) is 26.3 Å². The molecule has 0 unspecified atom stereocenters. The molecule has 0 amide bonds. The average Bonchev–Trinajstić information content (AvgIpc) is 2.03. The summed E-state index contributed by atoms with van der Waals surface area (Å²) in [5.74, 6) is 0.697. The molecule has 0 N–H and O–H groups in total. The standard InChI is InChI=1S/C10H20O2/c1-9(2)7-5-4-6-8-10(11)12-3/h9H,4-8H2,1-3H3. The lowest BCUT2D eigenvalue weighted by atomic mass is 10.0. The lowest BCUT2D eigenvalue weighted by molar-refractivity contribution is -0.140. The highest BCUT2D eigenvalue weighted by Gasteiger charge is 1.99. The Labute approximate surface area is 75.3 Å². The predicted octanol–water partition coefficient (Wildman–Crippen LogP) is 2.77. The van der Waals surface area contributed by atoms with Crippen LogP contribution in [0.5, 0.6) is 0 Å². The Balaban J connectivity index is 3.05. The molecule has 2 nitrogen and oxygen atoms in total. The van der Waals surface area contributed by atoms with Gasteiger partial charge in [-0.05, 0) is 12.3 Å². The summed E-state index contributed by atoms with van der Waals surface area (Å²) in [5.41, 5.74) is 0. The zero-order valence-electron chi connectivity index (χ0n) is 8.43. The Morgan fingerprint density at radius 2 is 1.92 bits per heavy atom. The van der Waals surface area contributed by atoms with Crippen molar-refractivity contribution in [1.29, 1.82) is 0 Å². The number of hydrogen-bond donors (Lipinski definition) is 0. The van der Waals surface area contributed by atoms with Crippen molar-refractivity contribution < 1.29 is 9.53 Å². The van der Waals surface area contributed by atoms with Crippen molar-refractivity contribution in [2.24, 2.45) is 5.92 Å². The summed E-state index contributed by atoms with van der Waals surface area (Å²) in [5, 5.41) is 0. The lowest BCUT2D eigenvalue weighted by Gasteiger charge is -2.03. The van der Waals surface area contributed by atoms with Crippen LogP contribution in [0.25, 0.3) is 0 Å². The fourth-order valence-electron chi connectivity index (χ4n) is 1.10. The van der Waals surface area contributed by atoms with Gasteiger partial charge in [0.05, 0.1) is 7.11 Å². The van der Waals surface area contributed by atoms with Crippen LogP contribution in [0.15, 0.2) is 0 Å². The van der Waals surface area contributed by atoms with Crippen LogP contribution in [0, 0.1) is 5.92 Å². The SMILES string of the molecule is COC(=O)CCCCCC(C)C. The van der Waals surface area contributed by atoms with E-state index in [0.717, 1.165) is 18.8 Å². The molecule has 0 atom stereocenters. The quantitative estimate of drug-likeness (QED) is 0.455. The molecule has 0 radical (unpaired) electrons. The van der Waals surface area contributed by atoms with Gasteiger partial charge in [-0.3, -0.25) is 4.79 Å². The maximum Gasteiger partial charge on any atom is 0.305 e. The molecule has 0 bridgehead atoms. The Hall–Kier alpha value is -0.530. The van der Waals surface area contributed by atoms with E-state index in [1.54, 1.807) is 0 Å². The molecule has 0 aromatic carbocycles. The summed E-state index contributed by atoms with van der Waals surface area (Å²) >= 11 is 0. The third-order valence-electron chi connectivity index (χ3n) is 1.89. The van der Waals surface area contributed by atoms with Crippen LogP contribution >= 0.6 is 0 Å². The highest BCUT2D eigenvalue weighted by Crippen LogP contribution is 2.09. The first-order valence-corrected chi connectivity index (χ1v) is 4.73. The van der Waals surface area contributed by atoms with Crippen molar-refractivity contribution in [3.8, 4) is 0 Å². The molecule has 12 heavy (non-hydrogen) atoms. The Kier molecular flexibility index (Phi) is 6.82. The molecule has 0 spiro atoms. The van der Waals surface area contributed by atoms with E-state index in [1.807, 2.05) is 0 Å². The van der Waals surface area contributed by atoms with Gasteiger partial charge in [0.15, 0.2) is 0 Å². The molecule has 0 saturated heterocycles. The van der Waals surface area contributed by atoms with Crippen LogP contribution in [0.1, 0.15) is 46.0 Å². The second-order valence-electron chi connectivity index (χ2n) is 3.57. The van der Waals surface area contributed by atoms with E-state index in [0.29, 0.717) is 6.42 Å². The van der Waals surface area contributed by atoms with E-state index in [4.69, 9.17) is 0 Å². The minimum Gasteiger partial charge on any atom is -0.469 e. The molecule has 0 aliphatic rings. The van der Waals surface area contributed by atoms with Crippen molar-refractivity contribution in [3.63, 3.8) is 0 Å². The molecule has 0 rings (SSSR count). The van der Waals surface area contributed by atoms with Gasteiger partial charge in [0, 0.05) is 6.42 Å². The normalized spacial score (nSPS) is 10.3. The number of methoxy groups -OCH3 is 1. The van der Waals surface area contributed by atoms with Crippen molar-refractivity contribution in [2.75, 3.05) is 7.11 Å². The van der Waals surface area contributed by atoms with E-state index in [2.05, 4.69) is 18.6 Å². The molecule has 0 saturated carbocycles. The highest BCUT2D eigenvalue weighted by molar-refractivity contribution is 5.68. The molecule has 0 aromatic heterocycles. The van der Waals surface area contributed by atoms with E-state index in [9.17, 15) is 4.79 Å². The van der Waals surface area contributed by atoms with Crippen molar-refractivity contribution >= 4 is 5.97 Å². The summed E-state index contributed by atoms with van der Waals surface area (Å²) in [4.78, 5) is 10.7. The molecule has 0 aromatic rings. The van der Waals surface area contributed by atoms with E-state index in [-0.39, 0.29) is 5.97 Å². The summed E-state index contributed by atoms with van der Waals surface area (Å²) in [6.45, 7) is 4.45. The second-order valence-corrected chi connectivity index (χ2v) is 3.57. The molecule has 0 heterocycles. The first-order chi connectivity index (χ1) is 5.66. The van der Waals surface area contributed by atoms with Crippen molar-refractivity contribution in [3.05, 3.63) is 0 Å². The fourth-order valence-corrected chi connectivity index (χ4v) is 1.10. The van der Waals surface area contributed by atoms with Gasteiger partial charge in [0.25, 0.3) is 0 Å². The van der Waals surface area contributed by atoms with Crippen LogP contribution < -0.4 is 0 Å². The maximum atomic E-state index is 10.7. The van der Waals surface area contributed by atoms with Crippen LogP contribution in [0.2, 0.25) is 0 Å². The number of esters is 1. The van der Waals surface area contributed by atoms with Gasteiger partial charge < -0.3 is 4.74 Å². The Morgan fingerprint density at radius 3 is 2.42 bits per heavy atom. The van der Waals surface area contributed by atoms with Crippen molar-refractivity contribution in [2.45, 2.75) is 46.0 Å². The molecule has 0 aliphatic carbocycles. The smallest absolute Gasteiger partial charge is 0.305 e.